The van der Waals surface area contributed by atoms with E-state index in [2.05, 4.69) is 144 Å². The summed E-state index contributed by atoms with van der Waals surface area (Å²) in [4.78, 5) is 26.2. The maximum atomic E-state index is 6.74. The van der Waals surface area contributed by atoms with Gasteiger partial charge in [-0.05, 0) is 53.6 Å². The summed E-state index contributed by atoms with van der Waals surface area (Å²) in [5, 5.41) is 5.27. The zero-order valence-electron chi connectivity index (χ0n) is 33.5. The van der Waals surface area contributed by atoms with Crippen LogP contribution in [0, 0.1) is 0 Å². The van der Waals surface area contributed by atoms with E-state index in [4.69, 9.17) is 29.3 Å². The van der Waals surface area contributed by atoms with Gasteiger partial charge in [0.05, 0.1) is 32.5 Å². The largest absolute Gasteiger partial charge is 0.455 e. The molecule has 63 heavy (non-hydrogen) atoms. The Morgan fingerprint density at radius 3 is 1.86 bits per heavy atom. The zero-order valence-corrected chi connectivity index (χ0v) is 34.3. The predicted molar refractivity (Wildman–Crippen MR) is 257 cm³/mol. The highest BCUT2D eigenvalue weighted by molar-refractivity contribution is 7.26. The van der Waals surface area contributed by atoms with Gasteiger partial charge in [-0.15, -0.1) is 11.3 Å². The fraction of sp³-hybridized carbons (Fsp3) is 0. The Labute approximate surface area is 364 Å². The molecular weight excluding hydrogens is 793 g/mol. The Kier molecular flexibility index (Phi) is 7.94. The summed E-state index contributed by atoms with van der Waals surface area (Å²) in [7, 11) is 0. The van der Waals surface area contributed by atoms with E-state index in [9.17, 15) is 0 Å². The first-order valence-corrected chi connectivity index (χ1v) is 21.6. The first-order valence-electron chi connectivity index (χ1n) is 20.8. The van der Waals surface area contributed by atoms with E-state index in [-0.39, 0.29) is 0 Å². The summed E-state index contributed by atoms with van der Waals surface area (Å²) >= 11 is 1.73. The van der Waals surface area contributed by atoms with E-state index in [1.807, 2.05) is 54.6 Å². The normalized spacial score (nSPS) is 11.8. The van der Waals surface area contributed by atoms with Crippen molar-refractivity contribution in [2.24, 2.45) is 0 Å². The average molecular weight is 825 g/mol. The summed E-state index contributed by atoms with van der Waals surface area (Å²) in [6.07, 6.45) is 0. The first-order chi connectivity index (χ1) is 31.2. The van der Waals surface area contributed by atoms with Crippen LogP contribution in [0.3, 0.4) is 0 Å². The molecule has 5 heterocycles. The molecule has 0 aliphatic heterocycles. The summed E-state index contributed by atoms with van der Waals surface area (Å²) < 4.78 is 11.2. The Hall–Kier alpha value is -8.33. The van der Waals surface area contributed by atoms with Gasteiger partial charge in [0.2, 0.25) is 5.95 Å². The van der Waals surface area contributed by atoms with E-state index < -0.39 is 0 Å². The SMILES string of the molecule is c1ccc(-c2ccc3c4ccccc4n(-c4nc(-c5ccccc5)nc(-c5ccc6oc7c(-c8nc(-c9ccccc9)c9sc%10ccccc%10c9n8)cccc7c6c5)n4)c3c2)cc1. The lowest BCUT2D eigenvalue weighted by Gasteiger charge is -2.11. The Morgan fingerprint density at radius 1 is 0.397 bits per heavy atom. The minimum atomic E-state index is 0.539. The molecule has 0 aliphatic rings. The second-order valence-corrected chi connectivity index (χ2v) is 16.7. The third-order valence-electron chi connectivity index (χ3n) is 11.9. The number of para-hydroxylation sites is 2. The van der Waals surface area contributed by atoms with Gasteiger partial charge in [-0.25, -0.2) is 15.0 Å². The summed E-state index contributed by atoms with van der Waals surface area (Å²) in [6, 6.07) is 66.8. The molecule has 294 valence electrons. The molecule has 0 bridgehead atoms. The molecule has 0 N–H and O–H groups in total. The highest BCUT2D eigenvalue weighted by Gasteiger charge is 2.22. The Bertz CT molecular complexity index is 3910. The second-order valence-electron chi connectivity index (χ2n) is 15.6. The lowest BCUT2D eigenvalue weighted by Crippen LogP contribution is -2.06. The number of hydrogen-bond acceptors (Lipinski definition) is 7. The summed E-state index contributed by atoms with van der Waals surface area (Å²) in [5.41, 5.74) is 11.2. The standard InChI is InChI=1S/C55H32N6OS/c1-4-15-33(16-5-1)36-27-29-39-38-21-10-12-25-44(38)61(45(39)32-36)55-59-52(35-19-8-3-9-20-35)58-53(60-55)37-28-30-46-43(31-37)40-23-14-24-42(50(40)62-46)54-56-48(34-17-6-2-7-18-34)51-49(57-54)41-22-11-13-26-47(41)63-51/h1-32H. The van der Waals surface area contributed by atoms with Crippen LogP contribution in [0.1, 0.15) is 0 Å². The number of hydrogen-bond donors (Lipinski definition) is 0. The van der Waals surface area contributed by atoms with Crippen molar-refractivity contribution in [2.45, 2.75) is 0 Å². The molecule has 5 aromatic heterocycles. The quantitative estimate of drug-likeness (QED) is 0.166. The van der Waals surface area contributed by atoms with E-state index in [1.165, 1.54) is 4.70 Å². The minimum absolute atomic E-state index is 0.539. The average Bonchev–Trinajstić information content (AvgIpc) is 4.03. The molecule has 0 spiro atoms. The Balaban J connectivity index is 1.00. The first kappa shape index (κ1) is 35.4. The maximum Gasteiger partial charge on any atom is 0.238 e. The van der Waals surface area contributed by atoms with Gasteiger partial charge in [-0.3, -0.25) is 4.57 Å². The van der Waals surface area contributed by atoms with Crippen molar-refractivity contribution < 1.29 is 4.42 Å². The van der Waals surface area contributed by atoms with Crippen molar-refractivity contribution in [3.8, 4) is 62.5 Å². The molecule has 0 unspecified atom stereocenters. The van der Waals surface area contributed by atoms with Crippen LogP contribution in [0.25, 0.3) is 127 Å². The smallest absolute Gasteiger partial charge is 0.238 e. The van der Waals surface area contributed by atoms with Crippen LogP contribution in [0.4, 0.5) is 0 Å². The minimum Gasteiger partial charge on any atom is -0.455 e. The molecule has 0 saturated heterocycles. The lowest BCUT2D eigenvalue weighted by molar-refractivity contribution is 0.669. The highest BCUT2D eigenvalue weighted by Crippen LogP contribution is 2.42. The number of benzene rings is 8. The van der Waals surface area contributed by atoms with E-state index >= 15 is 0 Å². The van der Waals surface area contributed by atoms with Crippen LogP contribution in [0.5, 0.6) is 0 Å². The molecule has 0 amide bonds. The van der Waals surface area contributed by atoms with Crippen molar-refractivity contribution >= 4 is 75.4 Å². The molecule has 7 nitrogen and oxygen atoms in total. The molecule has 13 rings (SSSR count). The van der Waals surface area contributed by atoms with Crippen LogP contribution >= 0.6 is 11.3 Å². The van der Waals surface area contributed by atoms with Crippen molar-refractivity contribution in [3.05, 3.63) is 194 Å². The van der Waals surface area contributed by atoms with Crippen molar-refractivity contribution in [2.75, 3.05) is 0 Å². The predicted octanol–water partition coefficient (Wildman–Crippen LogP) is 14.4. The van der Waals surface area contributed by atoms with Crippen LogP contribution in [0.15, 0.2) is 199 Å². The van der Waals surface area contributed by atoms with Gasteiger partial charge in [0.25, 0.3) is 0 Å². The number of furan rings is 1. The third kappa shape index (κ3) is 5.76. The van der Waals surface area contributed by atoms with E-state index in [1.54, 1.807) is 11.3 Å². The number of nitrogens with zero attached hydrogens (tertiary/aromatic N) is 6. The highest BCUT2D eigenvalue weighted by atomic mass is 32.1. The molecule has 8 heteroatoms. The number of fused-ring (bicyclic) bond motifs is 9. The topological polar surface area (TPSA) is 82.5 Å². The van der Waals surface area contributed by atoms with Gasteiger partial charge >= 0.3 is 0 Å². The molecule has 0 atom stereocenters. The molecule has 0 radical (unpaired) electrons. The van der Waals surface area contributed by atoms with Crippen LogP contribution < -0.4 is 0 Å². The summed E-state index contributed by atoms with van der Waals surface area (Å²) in [6.45, 7) is 0. The lowest BCUT2D eigenvalue weighted by atomic mass is 10.0. The second kappa shape index (κ2) is 14.1. The van der Waals surface area contributed by atoms with Crippen LogP contribution in [-0.2, 0) is 0 Å². The fourth-order valence-corrected chi connectivity index (χ4v) is 10.1. The van der Waals surface area contributed by atoms with Gasteiger partial charge in [-0.1, -0.05) is 152 Å². The molecular formula is C55H32N6OS. The van der Waals surface area contributed by atoms with Crippen molar-refractivity contribution in [1.29, 1.82) is 0 Å². The van der Waals surface area contributed by atoms with Crippen LogP contribution in [0.2, 0.25) is 0 Å². The summed E-state index contributed by atoms with van der Waals surface area (Å²) in [5.74, 6) is 2.30. The molecule has 8 aromatic carbocycles. The number of rotatable bonds is 6. The van der Waals surface area contributed by atoms with Gasteiger partial charge in [-0.2, -0.15) is 9.97 Å². The number of aromatic nitrogens is 6. The molecule has 0 fully saturated rings. The Morgan fingerprint density at radius 2 is 1.05 bits per heavy atom. The van der Waals surface area contributed by atoms with Gasteiger partial charge in [0.15, 0.2) is 17.5 Å². The molecule has 0 aliphatic carbocycles. The van der Waals surface area contributed by atoms with E-state index in [0.29, 0.717) is 23.4 Å². The van der Waals surface area contributed by atoms with Crippen molar-refractivity contribution in [1.82, 2.24) is 29.5 Å². The van der Waals surface area contributed by atoms with Crippen LogP contribution in [-0.4, -0.2) is 29.5 Å². The fourth-order valence-electron chi connectivity index (χ4n) is 8.92. The molecule has 0 saturated carbocycles. The van der Waals surface area contributed by atoms with Gasteiger partial charge < -0.3 is 4.42 Å². The van der Waals surface area contributed by atoms with E-state index in [0.717, 1.165) is 98.4 Å². The van der Waals surface area contributed by atoms with Crippen molar-refractivity contribution in [3.63, 3.8) is 0 Å². The molecule has 13 aromatic rings. The number of thiophene rings is 1. The monoisotopic (exact) mass is 824 g/mol. The third-order valence-corrected chi connectivity index (χ3v) is 13.1. The maximum absolute atomic E-state index is 6.74. The van der Waals surface area contributed by atoms with Gasteiger partial charge in [0, 0.05) is 48.3 Å². The van der Waals surface area contributed by atoms with Gasteiger partial charge in [0.1, 0.15) is 11.2 Å². The zero-order chi connectivity index (χ0) is 41.4.